The first-order chi connectivity index (χ1) is 14.0. The quantitative estimate of drug-likeness (QED) is 0.664. The van der Waals surface area contributed by atoms with Gasteiger partial charge in [0.15, 0.2) is 22.8 Å². The second-order valence-electron chi connectivity index (χ2n) is 6.80. The Labute approximate surface area is 168 Å². The van der Waals surface area contributed by atoms with Crippen LogP contribution < -0.4 is 9.47 Å². The number of benzene rings is 1. The third-order valence-corrected chi connectivity index (χ3v) is 5.11. The standard InChI is InChI=1S/C20H23N5O4/c1-12-17(14-5-6-15(27-3)16(11-14)28-4)19-22-21-18(13(2)25(19)23-12)20(26)24-7-9-29-10-8-24/h5-6,11H,7-10H2,1-4H3. The van der Waals surface area contributed by atoms with Crippen molar-refractivity contribution in [2.45, 2.75) is 13.8 Å². The van der Waals surface area contributed by atoms with Crippen LogP contribution in [0.1, 0.15) is 21.9 Å². The molecular formula is C20H23N5O4. The summed E-state index contributed by atoms with van der Waals surface area (Å²) in [6.45, 7) is 5.90. The predicted octanol–water partition coefficient (Wildman–Crippen LogP) is 1.90. The van der Waals surface area contributed by atoms with Gasteiger partial charge in [0, 0.05) is 13.1 Å². The van der Waals surface area contributed by atoms with Crippen molar-refractivity contribution in [1.29, 1.82) is 0 Å². The molecular weight excluding hydrogens is 374 g/mol. The summed E-state index contributed by atoms with van der Waals surface area (Å²) in [5.74, 6) is 1.11. The Bertz CT molecular complexity index is 1070. The van der Waals surface area contributed by atoms with Gasteiger partial charge in [0.2, 0.25) is 0 Å². The first-order valence-corrected chi connectivity index (χ1v) is 9.37. The maximum atomic E-state index is 12.9. The lowest BCUT2D eigenvalue weighted by Crippen LogP contribution is -2.41. The summed E-state index contributed by atoms with van der Waals surface area (Å²) in [7, 11) is 3.19. The van der Waals surface area contributed by atoms with Crippen LogP contribution >= 0.6 is 0 Å². The highest BCUT2D eigenvalue weighted by Crippen LogP contribution is 2.35. The van der Waals surface area contributed by atoms with Gasteiger partial charge in [-0.25, -0.2) is 4.52 Å². The third kappa shape index (κ3) is 3.27. The molecule has 3 aromatic rings. The molecule has 0 spiro atoms. The van der Waals surface area contributed by atoms with E-state index >= 15 is 0 Å². The van der Waals surface area contributed by atoms with E-state index in [1.165, 1.54) is 0 Å². The van der Waals surface area contributed by atoms with E-state index in [9.17, 15) is 4.79 Å². The topological polar surface area (TPSA) is 91.1 Å². The summed E-state index contributed by atoms with van der Waals surface area (Å²) in [6, 6.07) is 5.65. The third-order valence-electron chi connectivity index (χ3n) is 5.11. The first kappa shape index (κ1) is 19.1. The Balaban J connectivity index is 1.79. The minimum atomic E-state index is -0.152. The number of amides is 1. The molecule has 9 heteroatoms. The summed E-state index contributed by atoms with van der Waals surface area (Å²) >= 11 is 0. The van der Waals surface area contributed by atoms with Gasteiger partial charge in [-0.05, 0) is 31.5 Å². The van der Waals surface area contributed by atoms with Crippen molar-refractivity contribution in [3.63, 3.8) is 0 Å². The minimum absolute atomic E-state index is 0.152. The van der Waals surface area contributed by atoms with Crippen LogP contribution in [-0.2, 0) is 4.74 Å². The minimum Gasteiger partial charge on any atom is -0.493 e. The molecule has 0 atom stereocenters. The summed E-state index contributed by atoms with van der Waals surface area (Å²) < 4.78 is 17.7. The molecule has 3 heterocycles. The fourth-order valence-corrected chi connectivity index (χ4v) is 3.55. The molecule has 2 aromatic heterocycles. The van der Waals surface area contributed by atoms with Crippen LogP contribution in [0.15, 0.2) is 18.2 Å². The van der Waals surface area contributed by atoms with Gasteiger partial charge in [-0.3, -0.25) is 4.79 Å². The smallest absolute Gasteiger partial charge is 0.276 e. The van der Waals surface area contributed by atoms with Crippen LogP contribution in [0.5, 0.6) is 11.5 Å². The summed E-state index contributed by atoms with van der Waals surface area (Å²) in [5.41, 5.74) is 4.06. The second kappa shape index (κ2) is 7.67. The summed E-state index contributed by atoms with van der Waals surface area (Å²) in [5, 5.41) is 13.2. The average Bonchev–Trinajstić information content (AvgIpc) is 3.10. The van der Waals surface area contributed by atoms with Gasteiger partial charge < -0.3 is 19.1 Å². The summed E-state index contributed by atoms with van der Waals surface area (Å²) in [4.78, 5) is 14.6. The Kier molecular flexibility index (Phi) is 5.06. The number of ether oxygens (including phenoxy) is 3. The van der Waals surface area contributed by atoms with E-state index in [1.54, 1.807) is 23.6 Å². The van der Waals surface area contributed by atoms with E-state index < -0.39 is 0 Å². The molecule has 1 saturated heterocycles. The Morgan fingerprint density at radius 3 is 2.48 bits per heavy atom. The normalized spacial score (nSPS) is 14.3. The van der Waals surface area contributed by atoms with Gasteiger partial charge in [0.25, 0.3) is 5.91 Å². The molecule has 1 aliphatic heterocycles. The number of methoxy groups -OCH3 is 2. The van der Waals surface area contributed by atoms with Crippen LogP contribution in [0, 0.1) is 13.8 Å². The Morgan fingerprint density at radius 1 is 1.07 bits per heavy atom. The lowest BCUT2D eigenvalue weighted by Gasteiger charge is -2.26. The molecule has 1 aliphatic rings. The van der Waals surface area contributed by atoms with Crippen molar-refractivity contribution < 1.29 is 19.0 Å². The molecule has 152 valence electrons. The van der Waals surface area contributed by atoms with Gasteiger partial charge in [0.1, 0.15) is 0 Å². The molecule has 0 unspecified atom stereocenters. The molecule has 0 saturated carbocycles. The average molecular weight is 397 g/mol. The van der Waals surface area contributed by atoms with Crippen LogP contribution in [0.2, 0.25) is 0 Å². The molecule has 1 amide bonds. The van der Waals surface area contributed by atoms with Crippen molar-refractivity contribution in [2.24, 2.45) is 0 Å². The van der Waals surface area contributed by atoms with E-state index in [-0.39, 0.29) is 5.91 Å². The fourth-order valence-electron chi connectivity index (χ4n) is 3.55. The highest BCUT2D eigenvalue weighted by atomic mass is 16.5. The number of hydrogen-bond donors (Lipinski definition) is 0. The number of carbonyl (C=O) groups excluding carboxylic acids is 1. The number of nitrogens with zero attached hydrogens (tertiary/aromatic N) is 5. The van der Waals surface area contributed by atoms with Crippen LogP contribution in [0.3, 0.4) is 0 Å². The van der Waals surface area contributed by atoms with Gasteiger partial charge in [0.05, 0.1) is 44.4 Å². The number of morpholine rings is 1. The molecule has 1 aromatic carbocycles. The Morgan fingerprint density at radius 2 is 1.79 bits per heavy atom. The van der Waals surface area contributed by atoms with Crippen LogP contribution in [0.25, 0.3) is 16.8 Å². The molecule has 9 nitrogen and oxygen atoms in total. The number of aromatic nitrogens is 4. The zero-order valence-corrected chi connectivity index (χ0v) is 16.9. The van der Waals surface area contributed by atoms with Crippen molar-refractivity contribution >= 4 is 11.6 Å². The summed E-state index contributed by atoms with van der Waals surface area (Å²) in [6.07, 6.45) is 0. The lowest BCUT2D eigenvalue weighted by atomic mass is 10.1. The van der Waals surface area contributed by atoms with Crippen LogP contribution in [0.4, 0.5) is 0 Å². The monoisotopic (exact) mass is 397 g/mol. The van der Waals surface area contributed by atoms with E-state index in [0.29, 0.717) is 54.8 Å². The molecule has 4 rings (SSSR count). The zero-order chi connectivity index (χ0) is 20.5. The molecule has 29 heavy (non-hydrogen) atoms. The highest BCUT2D eigenvalue weighted by molar-refractivity contribution is 5.94. The molecule has 1 fully saturated rings. The first-order valence-electron chi connectivity index (χ1n) is 9.37. The molecule has 0 radical (unpaired) electrons. The zero-order valence-electron chi connectivity index (χ0n) is 16.9. The SMILES string of the molecule is COc1ccc(-c2c(C)nn3c(C)c(C(=O)N4CCOCC4)nnc23)cc1OC. The van der Waals surface area contributed by atoms with Gasteiger partial charge in [-0.15, -0.1) is 10.2 Å². The van der Waals surface area contributed by atoms with E-state index in [1.807, 2.05) is 32.0 Å². The highest BCUT2D eigenvalue weighted by Gasteiger charge is 2.25. The maximum Gasteiger partial charge on any atom is 0.276 e. The lowest BCUT2D eigenvalue weighted by molar-refractivity contribution is 0.0297. The van der Waals surface area contributed by atoms with Crippen molar-refractivity contribution in [3.8, 4) is 22.6 Å². The van der Waals surface area contributed by atoms with Crippen LogP contribution in [-0.4, -0.2) is 71.1 Å². The van der Waals surface area contributed by atoms with E-state index in [4.69, 9.17) is 14.2 Å². The van der Waals surface area contributed by atoms with Gasteiger partial charge >= 0.3 is 0 Å². The Hall–Kier alpha value is -3.20. The number of aryl methyl sites for hydroxylation is 2. The number of rotatable bonds is 4. The van der Waals surface area contributed by atoms with Gasteiger partial charge in [-0.1, -0.05) is 6.07 Å². The molecule has 0 aliphatic carbocycles. The molecule has 0 bridgehead atoms. The van der Waals surface area contributed by atoms with E-state index in [2.05, 4.69) is 15.3 Å². The van der Waals surface area contributed by atoms with Gasteiger partial charge in [-0.2, -0.15) is 5.10 Å². The second-order valence-corrected chi connectivity index (χ2v) is 6.80. The predicted molar refractivity (Wildman–Crippen MR) is 106 cm³/mol. The molecule has 0 N–H and O–H groups in total. The van der Waals surface area contributed by atoms with Crippen molar-refractivity contribution in [3.05, 3.63) is 35.3 Å². The van der Waals surface area contributed by atoms with Crippen molar-refractivity contribution in [1.82, 2.24) is 24.7 Å². The number of fused-ring (bicyclic) bond motifs is 1. The number of hydrogen-bond acceptors (Lipinski definition) is 7. The van der Waals surface area contributed by atoms with E-state index in [0.717, 1.165) is 16.8 Å². The fraction of sp³-hybridized carbons (Fsp3) is 0.400. The maximum absolute atomic E-state index is 12.9. The number of carbonyl (C=O) groups is 1. The van der Waals surface area contributed by atoms with Crippen molar-refractivity contribution in [2.75, 3.05) is 40.5 Å². The largest absolute Gasteiger partial charge is 0.493 e.